The van der Waals surface area contributed by atoms with Crippen molar-refractivity contribution in [3.63, 3.8) is 0 Å². The van der Waals surface area contributed by atoms with E-state index < -0.39 is 23.2 Å². The number of alkyl carbamates (subject to hydrolysis) is 1. The summed E-state index contributed by atoms with van der Waals surface area (Å²) >= 11 is 0. The van der Waals surface area contributed by atoms with Crippen LogP contribution in [0, 0.1) is 0 Å². The Balaban J connectivity index is 4.30. The van der Waals surface area contributed by atoms with Gasteiger partial charge in [-0.3, -0.25) is 4.79 Å². The topological polar surface area (TPSA) is 75.6 Å². The van der Waals surface area contributed by atoms with E-state index in [9.17, 15) is 9.59 Å². The van der Waals surface area contributed by atoms with Crippen LogP contribution in [0.4, 0.5) is 4.79 Å². The van der Waals surface area contributed by atoms with Crippen LogP contribution in [-0.2, 0) is 9.53 Å². The number of carboxylic acids is 1. The Kier molecular flexibility index (Phi) is 5.19. The second-order valence-electron chi connectivity index (χ2n) is 5.35. The smallest absolute Gasteiger partial charge is 0.408 e. The van der Waals surface area contributed by atoms with Crippen LogP contribution in [0.5, 0.6) is 0 Å². The predicted octanol–water partition coefficient (Wildman–Crippen LogP) is 2.32. The second kappa shape index (κ2) is 5.70. The number of carbonyl (C=O) groups is 2. The summed E-state index contributed by atoms with van der Waals surface area (Å²) in [5.41, 5.74) is -1.19. The number of hydrogen-bond donors (Lipinski definition) is 2. The summed E-state index contributed by atoms with van der Waals surface area (Å²) in [4.78, 5) is 21.8. The molecule has 5 heteroatoms. The third-order valence-corrected chi connectivity index (χ3v) is 1.65. The van der Waals surface area contributed by atoms with Crippen molar-refractivity contribution >= 4 is 12.1 Å². The highest BCUT2D eigenvalue weighted by molar-refractivity contribution is 5.70. The summed E-state index contributed by atoms with van der Waals surface area (Å²) in [6, 6.07) is 0. The molecule has 2 N–H and O–H groups in total. The van der Waals surface area contributed by atoms with Gasteiger partial charge in [0.1, 0.15) is 5.60 Å². The lowest BCUT2D eigenvalue weighted by Crippen LogP contribution is -2.44. The van der Waals surface area contributed by atoms with Crippen LogP contribution in [0.3, 0.4) is 0 Å². The van der Waals surface area contributed by atoms with Crippen molar-refractivity contribution in [1.29, 1.82) is 0 Å². The number of hydrogen-bond acceptors (Lipinski definition) is 3. The maximum Gasteiger partial charge on any atom is 0.408 e. The standard InChI is InChI=1S/C12H21NO4/c1-11(2,3)17-10(16)13-12(4,5)8-6-7-9(14)15/h6,8H,7H2,1-5H3,(H,13,16)(H,14,15)/b8-6+. The molecule has 5 nitrogen and oxygen atoms in total. The lowest BCUT2D eigenvalue weighted by Gasteiger charge is -2.26. The Morgan fingerprint density at radius 1 is 1.24 bits per heavy atom. The monoisotopic (exact) mass is 243 g/mol. The van der Waals surface area contributed by atoms with Crippen molar-refractivity contribution in [2.24, 2.45) is 0 Å². The van der Waals surface area contributed by atoms with Crippen LogP contribution in [0.1, 0.15) is 41.0 Å². The molecule has 0 fully saturated rings. The molecule has 0 rings (SSSR count). The number of carboxylic acid groups (broad SMARTS) is 1. The SMILES string of the molecule is CC(C)(/C=C/CC(=O)O)NC(=O)OC(C)(C)C. The molecule has 0 bridgehead atoms. The predicted molar refractivity (Wildman–Crippen MR) is 64.8 cm³/mol. The Labute approximate surface area is 102 Å². The maximum atomic E-state index is 11.5. The van der Waals surface area contributed by atoms with Gasteiger partial charge < -0.3 is 15.2 Å². The number of ether oxygens (including phenoxy) is 1. The lowest BCUT2D eigenvalue weighted by molar-refractivity contribution is -0.136. The van der Waals surface area contributed by atoms with Gasteiger partial charge in [0.25, 0.3) is 0 Å². The van der Waals surface area contributed by atoms with Crippen molar-refractivity contribution in [2.75, 3.05) is 0 Å². The zero-order chi connectivity index (χ0) is 13.7. The Morgan fingerprint density at radius 3 is 2.18 bits per heavy atom. The molecule has 0 spiro atoms. The molecule has 0 aliphatic rings. The van der Waals surface area contributed by atoms with Gasteiger partial charge in [-0.1, -0.05) is 12.2 Å². The van der Waals surface area contributed by atoms with Crippen LogP contribution >= 0.6 is 0 Å². The van der Waals surface area contributed by atoms with E-state index in [0.717, 1.165) is 0 Å². The molecule has 0 saturated carbocycles. The second-order valence-corrected chi connectivity index (χ2v) is 5.35. The molecule has 0 aromatic carbocycles. The molecule has 0 aromatic heterocycles. The molecule has 0 aromatic rings. The first-order valence-corrected chi connectivity index (χ1v) is 5.42. The summed E-state index contributed by atoms with van der Waals surface area (Å²) in [6.45, 7) is 8.85. The number of amides is 1. The summed E-state index contributed by atoms with van der Waals surface area (Å²) < 4.78 is 5.10. The molecule has 17 heavy (non-hydrogen) atoms. The molecule has 0 unspecified atom stereocenters. The third kappa shape index (κ3) is 9.41. The fourth-order valence-electron chi connectivity index (χ4n) is 1.06. The van der Waals surface area contributed by atoms with E-state index in [4.69, 9.17) is 9.84 Å². The van der Waals surface area contributed by atoms with Gasteiger partial charge in [-0.2, -0.15) is 0 Å². The third-order valence-electron chi connectivity index (χ3n) is 1.65. The van der Waals surface area contributed by atoms with E-state index in [2.05, 4.69) is 5.32 Å². The van der Waals surface area contributed by atoms with Gasteiger partial charge in [0, 0.05) is 0 Å². The Bertz CT molecular complexity index is 313. The minimum Gasteiger partial charge on any atom is -0.481 e. The minimum absolute atomic E-state index is 0.0700. The molecule has 0 aliphatic carbocycles. The Morgan fingerprint density at radius 2 is 1.76 bits per heavy atom. The van der Waals surface area contributed by atoms with E-state index in [1.165, 1.54) is 6.08 Å². The molecule has 1 amide bonds. The van der Waals surface area contributed by atoms with Crippen LogP contribution in [-0.4, -0.2) is 28.3 Å². The summed E-state index contributed by atoms with van der Waals surface area (Å²) in [5.74, 6) is -0.908. The molecule has 0 aliphatic heterocycles. The van der Waals surface area contributed by atoms with Crippen molar-refractivity contribution in [2.45, 2.75) is 52.2 Å². The minimum atomic E-state index is -0.908. The molecule has 0 atom stereocenters. The van der Waals surface area contributed by atoms with E-state index in [0.29, 0.717) is 0 Å². The van der Waals surface area contributed by atoms with Gasteiger partial charge >= 0.3 is 12.1 Å². The van der Waals surface area contributed by atoms with E-state index in [1.807, 2.05) is 0 Å². The first-order valence-electron chi connectivity index (χ1n) is 5.42. The normalized spacial score (nSPS) is 12.5. The highest BCUT2D eigenvalue weighted by atomic mass is 16.6. The van der Waals surface area contributed by atoms with Gasteiger partial charge in [-0.15, -0.1) is 0 Å². The van der Waals surface area contributed by atoms with Gasteiger partial charge in [0.2, 0.25) is 0 Å². The maximum absolute atomic E-state index is 11.5. The van der Waals surface area contributed by atoms with Crippen LogP contribution in [0.25, 0.3) is 0 Å². The summed E-state index contributed by atoms with van der Waals surface area (Å²) in [5, 5.41) is 11.1. The average molecular weight is 243 g/mol. The molecular formula is C12H21NO4. The first-order chi connectivity index (χ1) is 7.52. The van der Waals surface area contributed by atoms with Gasteiger partial charge in [0.05, 0.1) is 12.0 Å². The van der Waals surface area contributed by atoms with Gasteiger partial charge in [-0.05, 0) is 34.6 Å². The van der Waals surface area contributed by atoms with Crippen LogP contribution in [0.15, 0.2) is 12.2 Å². The number of carbonyl (C=O) groups excluding carboxylic acids is 1. The van der Waals surface area contributed by atoms with Gasteiger partial charge in [-0.25, -0.2) is 4.79 Å². The largest absolute Gasteiger partial charge is 0.481 e. The number of rotatable bonds is 4. The highest BCUT2D eigenvalue weighted by Crippen LogP contribution is 2.10. The average Bonchev–Trinajstić information content (AvgIpc) is 1.96. The lowest BCUT2D eigenvalue weighted by atomic mass is 10.1. The Hall–Kier alpha value is -1.52. The van der Waals surface area contributed by atoms with Crippen molar-refractivity contribution < 1.29 is 19.4 Å². The molecule has 98 valence electrons. The summed E-state index contributed by atoms with van der Waals surface area (Å²) in [7, 11) is 0. The van der Waals surface area contributed by atoms with Crippen molar-refractivity contribution in [3.05, 3.63) is 12.2 Å². The number of aliphatic carboxylic acids is 1. The van der Waals surface area contributed by atoms with Crippen LogP contribution in [0.2, 0.25) is 0 Å². The number of nitrogens with one attached hydrogen (secondary N) is 1. The van der Waals surface area contributed by atoms with Crippen molar-refractivity contribution in [1.82, 2.24) is 5.32 Å². The fraction of sp³-hybridized carbons (Fsp3) is 0.667. The van der Waals surface area contributed by atoms with E-state index in [-0.39, 0.29) is 6.42 Å². The van der Waals surface area contributed by atoms with E-state index in [1.54, 1.807) is 40.7 Å². The summed E-state index contributed by atoms with van der Waals surface area (Å²) in [6.07, 6.45) is 2.53. The van der Waals surface area contributed by atoms with Crippen LogP contribution < -0.4 is 5.32 Å². The highest BCUT2D eigenvalue weighted by Gasteiger charge is 2.22. The zero-order valence-electron chi connectivity index (χ0n) is 11.0. The molecule has 0 saturated heterocycles. The van der Waals surface area contributed by atoms with E-state index >= 15 is 0 Å². The molecular weight excluding hydrogens is 222 g/mol. The fourth-order valence-corrected chi connectivity index (χ4v) is 1.06. The van der Waals surface area contributed by atoms with Gasteiger partial charge in [0.15, 0.2) is 0 Å². The van der Waals surface area contributed by atoms with Crippen molar-refractivity contribution in [3.8, 4) is 0 Å². The zero-order valence-corrected chi connectivity index (χ0v) is 11.0. The molecule has 0 heterocycles. The first kappa shape index (κ1) is 15.5. The quantitative estimate of drug-likeness (QED) is 0.743. The molecule has 0 radical (unpaired) electrons.